The van der Waals surface area contributed by atoms with Crippen LogP contribution in [-0.4, -0.2) is 5.91 Å². The zero-order chi connectivity index (χ0) is 16.9. The SMILES string of the molecule is O=C(c1ccc(Cl)c(Cl)c1)N(Cc1ccccc1)c1ccccc1. The normalized spacial score (nSPS) is 10.4. The van der Waals surface area contributed by atoms with Gasteiger partial charge in [-0.25, -0.2) is 0 Å². The molecule has 0 N–H and O–H groups in total. The van der Waals surface area contributed by atoms with Gasteiger partial charge in [0, 0.05) is 11.3 Å². The standard InChI is InChI=1S/C20H15Cl2NO/c21-18-12-11-16(13-19(18)22)20(24)23(17-9-5-2-6-10-17)14-15-7-3-1-4-8-15/h1-13H,14H2. The first-order valence-corrected chi connectivity index (χ1v) is 8.26. The third-order valence-electron chi connectivity index (χ3n) is 3.66. The first-order valence-electron chi connectivity index (χ1n) is 7.51. The van der Waals surface area contributed by atoms with Crippen molar-refractivity contribution < 1.29 is 4.79 Å². The minimum Gasteiger partial charge on any atom is -0.304 e. The molecule has 3 aromatic rings. The Kier molecular flexibility index (Phi) is 5.19. The van der Waals surface area contributed by atoms with Crippen molar-refractivity contribution in [3.63, 3.8) is 0 Å². The highest BCUT2D eigenvalue weighted by molar-refractivity contribution is 6.42. The van der Waals surface area contributed by atoms with Crippen molar-refractivity contribution in [1.82, 2.24) is 0 Å². The zero-order valence-corrected chi connectivity index (χ0v) is 14.3. The van der Waals surface area contributed by atoms with E-state index in [0.717, 1.165) is 11.3 Å². The molecule has 0 unspecified atom stereocenters. The average Bonchev–Trinajstić information content (AvgIpc) is 2.63. The molecule has 0 spiro atoms. The van der Waals surface area contributed by atoms with Crippen molar-refractivity contribution >= 4 is 34.8 Å². The number of nitrogens with zero attached hydrogens (tertiary/aromatic N) is 1. The monoisotopic (exact) mass is 355 g/mol. The molecule has 0 radical (unpaired) electrons. The van der Waals surface area contributed by atoms with Gasteiger partial charge in [0.1, 0.15) is 0 Å². The van der Waals surface area contributed by atoms with E-state index in [4.69, 9.17) is 23.2 Å². The predicted molar refractivity (Wildman–Crippen MR) is 99.9 cm³/mol. The summed E-state index contributed by atoms with van der Waals surface area (Å²) in [5, 5.41) is 0.803. The molecule has 0 aliphatic rings. The average molecular weight is 356 g/mol. The van der Waals surface area contributed by atoms with Gasteiger partial charge in [-0.15, -0.1) is 0 Å². The van der Waals surface area contributed by atoms with Crippen LogP contribution in [0.2, 0.25) is 10.0 Å². The maximum Gasteiger partial charge on any atom is 0.258 e. The van der Waals surface area contributed by atoms with Crippen molar-refractivity contribution in [3.05, 3.63) is 100 Å². The van der Waals surface area contributed by atoms with Crippen molar-refractivity contribution in [2.24, 2.45) is 0 Å². The second kappa shape index (κ2) is 7.52. The second-order valence-corrected chi connectivity index (χ2v) is 6.16. The Morgan fingerprint density at radius 2 is 1.42 bits per heavy atom. The maximum absolute atomic E-state index is 13.0. The molecule has 0 heterocycles. The van der Waals surface area contributed by atoms with Crippen LogP contribution in [-0.2, 0) is 6.54 Å². The molecular weight excluding hydrogens is 341 g/mol. The van der Waals surface area contributed by atoms with E-state index in [1.54, 1.807) is 23.1 Å². The summed E-state index contributed by atoms with van der Waals surface area (Å²) in [5.74, 6) is -0.122. The summed E-state index contributed by atoms with van der Waals surface area (Å²) in [6.07, 6.45) is 0. The van der Waals surface area contributed by atoms with E-state index >= 15 is 0 Å². The molecule has 120 valence electrons. The predicted octanol–water partition coefficient (Wildman–Crippen LogP) is 5.84. The second-order valence-electron chi connectivity index (χ2n) is 5.34. The van der Waals surface area contributed by atoms with Crippen molar-refractivity contribution in [2.45, 2.75) is 6.54 Å². The number of hydrogen-bond donors (Lipinski definition) is 0. The smallest absolute Gasteiger partial charge is 0.258 e. The van der Waals surface area contributed by atoms with Gasteiger partial charge in [-0.2, -0.15) is 0 Å². The first-order chi connectivity index (χ1) is 11.6. The number of para-hydroxylation sites is 1. The van der Waals surface area contributed by atoms with Crippen LogP contribution in [0, 0.1) is 0 Å². The summed E-state index contributed by atoms with van der Waals surface area (Å²) in [6.45, 7) is 0.476. The topological polar surface area (TPSA) is 20.3 Å². The van der Waals surface area contributed by atoms with Crippen LogP contribution in [0.3, 0.4) is 0 Å². The molecule has 0 aromatic heterocycles. The Hall–Kier alpha value is -2.29. The van der Waals surface area contributed by atoms with E-state index in [9.17, 15) is 4.79 Å². The van der Waals surface area contributed by atoms with Crippen molar-refractivity contribution in [1.29, 1.82) is 0 Å². The number of benzene rings is 3. The van der Waals surface area contributed by atoms with Crippen LogP contribution in [0.25, 0.3) is 0 Å². The molecule has 0 saturated heterocycles. The van der Waals surface area contributed by atoms with Crippen molar-refractivity contribution in [3.8, 4) is 0 Å². The molecular formula is C20H15Cl2NO. The molecule has 3 aromatic carbocycles. The van der Waals surface area contributed by atoms with Gasteiger partial charge in [-0.3, -0.25) is 4.79 Å². The van der Waals surface area contributed by atoms with E-state index in [2.05, 4.69) is 0 Å². The lowest BCUT2D eigenvalue weighted by Crippen LogP contribution is -2.30. The number of anilines is 1. The summed E-state index contributed by atoms with van der Waals surface area (Å²) in [6, 6.07) is 24.4. The highest BCUT2D eigenvalue weighted by atomic mass is 35.5. The molecule has 2 nitrogen and oxygen atoms in total. The molecule has 0 aliphatic heterocycles. The van der Waals surface area contributed by atoms with Crippen LogP contribution in [0.5, 0.6) is 0 Å². The van der Waals surface area contributed by atoms with Crippen LogP contribution in [0.1, 0.15) is 15.9 Å². The maximum atomic E-state index is 13.0. The molecule has 0 bridgehead atoms. The lowest BCUT2D eigenvalue weighted by atomic mass is 10.1. The highest BCUT2D eigenvalue weighted by Crippen LogP contribution is 2.25. The Labute approximate surface area is 151 Å². The number of rotatable bonds is 4. The molecule has 0 fully saturated rings. The van der Waals surface area contributed by atoms with E-state index in [1.165, 1.54) is 0 Å². The van der Waals surface area contributed by atoms with E-state index < -0.39 is 0 Å². The van der Waals surface area contributed by atoms with Gasteiger partial charge in [0.05, 0.1) is 16.6 Å². The summed E-state index contributed by atoms with van der Waals surface area (Å²) in [7, 11) is 0. The highest BCUT2D eigenvalue weighted by Gasteiger charge is 2.19. The van der Waals surface area contributed by atoms with Gasteiger partial charge in [0.25, 0.3) is 5.91 Å². The van der Waals surface area contributed by atoms with Crippen LogP contribution in [0.4, 0.5) is 5.69 Å². The molecule has 24 heavy (non-hydrogen) atoms. The Morgan fingerprint density at radius 3 is 2.04 bits per heavy atom. The molecule has 3 rings (SSSR count). The fraction of sp³-hybridized carbons (Fsp3) is 0.0500. The number of amides is 1. The quantitative estimate of drug-likeness (QED) is 0.575. The number of hydrogen-bond acceptors (Lipinski definition) is 1. The molecule has 1 amide bonds. The molecule has 0 aliphatic carbocycles. The summed E-state index contributed by atoms with van der Waals surface area (Å²) in [5.41, 5.74) is 2.39. The largest absolute Gasteiger partial charge is 0.304 e. The fourth-order valence-corrected chi connectivity index (χ4v) is 2.74. The Balaban J connectivity index is 1.97. The first kappa shape index (κ1) is 16.6. The summed E-state index contributed by atoms with van der Waals surface area (Å²) < 4.78 is 0. The van der Waals surface area contributed by atoms with Gasteiger partial charge in [-0.1, -0.05) is 71.7 Å². The minimum atomic E-state index is -0.122. The number of carbonyl (C=O) groups excluding carboxylic acids is 1. The summed E-state index contributed by atoms with van der Waals surface area (Å²) in [4.78, 5) is 14.8. The Morgan fingerprint density at radius 1 is 0.792 bits per heavy atom. The van der Waals surface area contributed by atoms with Crippen LogP contribution < -0.4 is 4.90 Å². The van der Waals surface area contributed by atoms with Crippen LogP contribution in [0.15, 0.2) is 78.9 Å². The minimum absolute atomic E-state index is 0.122. The molecule has 0 atom stereocenters. The van der Waals surface area contributed by atoms with Crippen molar-refractivity contribution in [2.75, 3.05) is 4.90 Å². The third kappa shape index (κ3) is 3.78. The summed E-state index contributed by atoms with van der Waals surface area (Å²) >= 11 is 12.0. The van der Waals surface area contributed by atoms with E-state index in [1.807, 2.05) is 60.7 Å². The molecule has 4 heteroatoms. The van der Waals surface area contributed by atoms with Gasteiger partial charge in [0.15, 0.2) is 0 Å². The van der Waals surface area contributed by atoms with Gasteiger partial charge >= 0.3 is 0 Å². The fourth-order valence-electron chi connectivity index (χ4n) is 2.44. The number of carbonyl (C=O) groups is 1. The van der Waals surface area contributed by atoms with Gasteiger partial charge < -0.3 is 4.90 Å². The van der Waals surface area contributed by atoms with Gasteiger partial charge in [0.2, 0.25) is 0 Å². The molecule has 0 saturated carbocycles. The van der Waals surface area contributed by atoms with E-state index in [-0.39, 0.29) is 5.91 Å². The Bertz CT molecular complexity index is 835. The van der Waals surface area contributed by atoms with E-state index in [0.29, 0.717) is 22.2 Å². The lowest BCUT2D eigenvalue weighted by molar-refractivity contribution is 0.0985. The zero-order valence-electron chi connectivity index (χ0n) is 12.8. The lowest BCUT2D eigenvalue weighted by Gasteiger charge is -2.23. The van der Waals surface area contributed by atoms with Crippen LogP contribution >= 0.6 is 23.2 Å². The van der Waals surface area contributed by atoms with Gasteiger partial charge in [-0.05, 0) is 35.9 Å². The third-order valence-corrected chi connectivity index (χ3v) is 4.40. The number of halogens is 2.